The Hall–Kier alpha value is -2.80. The Balaban J connectivity index is 1.53. The van der Waals surface area contributed by atoms with Gasteiger partial charge in [-0.1, -0.05) is 11.6 Å². The molecule has 1 aliphatic rings. The predicted molar refractivity (Wildman–Crippen MR) is 109 cm³/mol. The topological polar surface area (TPSA) is 68.0 Å². The molecule has 7 nitrogen and oxygen atoms in total. The standard InChI is InChI=1S/C20H23ClN6O/c1-14-18(12-23-27(14)17-8-6-16(21)7-9-17)24-20(28)26-10-4-3-5-19(26)15-11-22-25(2)13-15/h6-9,11-13,19H,3-5,10H2,1-2H3,(H,24,28). The van der Waals surface area contributed by atoms with Gasteiger partial charge in [0.25, 0.3) is 0 Å². The third-order valence-corrected chi connectivity index (χ3v) is 5.45. The fourth-order valence-corrected chi connectivity index (χ4v) is 3.82. The Labute approximate surface area is 168 Å². The van der Waals surface area contributed by atoms with Gasteiger partial charge in [0.05, 0.1) is 35.5 Å². The van der Waals surface area contributed by atoms with Crippen molar-refractivity contribution in [3.63, 3.8) is 0 Å². The number of carbonyl (C=O) groups is 1. The zero-order valence-electron chi connectivity index (χ0n) is 16.0. The molecule has 3 aromatic rings. The third-order valence-electron chi connectivity index (χ3n) is 5.20. The molecule has 0 saturated carbocycles. The van der Waals surface area contributed by atoms with Crippen molar-refractivity contribution in [2.45, 2.75) is 32.2 Å². The van der Waals surface area contributed by atoms with Gasteiger partial charge in [0.1, 0.15) is 0 Å². The smallest absolute Gasteiger partial charge is 0.317 e. The molecule has 1 unspecified atom stereocenters. The first-order chi connectivity index (χ1) is 13.5. The molecule has 2 amide bonds. The maximum Gasteiger partial charge on any atom is 0.322 e. The summed E-state index contributed by atoms with van der Waals surface area (Å²) in [5.74, 6) is 0. The Bertz CT molecular complexity index is 977. The summed E-state index contributed by atoms with van der Waals surface area (Å²) >= 11 is 5.97. The van der Waals surface area contributed by atoms with Crippen LogP contribution in [0.25, 0.3) is 5.69 Å². The second kappa shape index (κ2) is 7.67. The van der Waals surface area contributed by atoms with Crippen molar-refractivity contribution >= 4 is 23.3 Å². The highest BCUT2D eigenvalue weighted by molar-refractivity contribution is 6.30. The molecule has 1 aliphatic heterocycles. The molecule has 1 saturated heterocycles. The zero-order valence-corrected chi connectivity index (χ0v) is 16.7. The van der Waals surface area contributed by atoms with Crippen LogP contribution in [0.15, 0.2) is 42.9 Å². The number of aryl methyl sites for hydroxylation is 1. The zero-order chi connectivity index (χ0) is 19.7. The average Bonchev–Trinajstić information content (AvgIpc) is 3.29. The van der Waals surface area contributed by atoms with E-state index in [4.69, 9.17) is 11.6 Å². The monoisotopic (exact) mass is 398 g/mol. The molecule has 8 heteroatoms. The molecule has 1 fully saturated rings. The lowest BCUT2D eigenvalue weighted by Gasteiger charge is -2.35. The number of urea groups is 1. The van der Waals surface area contributed by atoms with Gasteiger partial charge in [-0.3, -0.25) is 4.68 Å². The molecule has 0 radical (unpaired) electrons. The Kier molecular flexibility index (Phi) is 5.09. The van der Waals surface area contributed by atoms with E-state index in [-0.39, 0.29) is 12.1 Å². The molecule has 146 valence electrons. The lowest BCUT2D eigenvalue weighted by molar-refractivity contribution is 0.163. The van der Waals surface area contributed by atoms with Gasteiger partial charge >= 0.3 is 6.03 Å². The van der Waals surface area contributed by atoms with E-state index in [2.05, 4.69) is 15.5 Å². The Morgan fingerprint density at radius 1 is 1.18 bits per heavy atom. The first-order valence-electron chi connectivity index (χ1n) is 9.39. The molecular formula is C20H23ClN6O. The number of nitrogens with zero attached hydrogens (tertiary/aromatic N) is 5. The van der Waals surface area contributed by atoms with E-state index in [1.54, 1.807) is 15.6 Å². The molecule has 28 heavy (non-hydrogen) atoms. The van der Waals surface area contributed by atoms with Crippen LogP contribution in [0.1, 0.15) is 36.6 Å². The summed E-state index contributed by atoms with van der Waals surface area (Å²) in [6.07, 6.45) is 8.58. The molecule has 4 rings (SSSR count). The van der Waals surface area contributed by atoms with Crippen LogP contribution in [-0.4, -0.2) is 37.0 Å². The minimum atomic E-state index is -0.104. The van der Waals surface area contributed by atoms with E-state index in [0.29, 0.717) is 10.7 Å². The molecule has 1 atom stereocenters. The first-order valence-corrected chi connectivity index (χ1v) is 9.77. The van der Waals surface area contributed by atoms with E-state index in [9.17, 15) is 4.79 Å². The maximum absolute atomic E-state index is 13.0. The lowest BCUT2D eigenvalue weighted by atomic mass is 9.98. The molecule has 1 aromatic carbocycles. The van der Waals surface area contributed by atoms with Crippen molar-refractivity contribution in [1.82, 2.24) is 24.5 Å². The summed E-state index contributed by atoms with van der Waals surface area (Å²) < 4.78 is 3.57. The molecule has 0 spiro atoms. The Morgan fingerprint density at radius 2 is 1.96 bits per heavy atom. The minimum Gasteiger partial charge on any atom is -0.317 e. The number of hydrogen-bond acceptors (Lipinski definition) is 3. The third kappa shape index (κ3) is 3.62. The van der Waals surface area contributed by atoms with Crippen LogP contribution >= 0.6 is 11.6 Å². The summed E-state index contributed by atoms with van der Waals surface area (Å²) in [4.78, 5) is 14.9. The van der Waals surface area contributed by atoms with E-state index >= 15 is 0 Å². The maximum atomic E-state index is 13.0. The van der Waals surface area contributed by atoms with Crippen molar-refractivity contribution < 1.29 is 4.79 Å². The first kappa shape index (κ1) is 18.6. The number of likely N-dealkylation sites (tertiary alicyclic amines) is 1. The van der Waals surface area contributed by atoms with Gasteiger partial charge < -0.3 is 10.2 Å². The van der Waals surface area contributed by atoms with Gasteiger partial charge in [0.15, 0.2) is 0 Å². The van der Waals surface area contributed by atoms with Crippen LogP contribution in [0.4, 0.5) is 10.5 Å². The van der Waals surface area contributed by atoms with Crippen molar-refractivity contribution in [2.75, 3.05) is 11.9 Å². The van der Waals surface area contributed by atoms with Crippen molar-refractivity contribution in [3.8, 4) is 5.69 Å². The largest absolute Gasteiger partial charge is 0.322 e. The van der Waals surface area contributed by atoms with E-state index < -0.39 is 0 Å². The van der Waals surface area contributed by atoms with Gasteiger partial charge in [0, 0.05) is 30.4 Å². The fourth-order valence-electron chi connectivity index (χ4n) is 3.70. The number of carbonyl (C=O) groups excluding carboxylic acids is 1. The minimum absolute atomic E-state index is 0.0501. The van der Waals surface area contributed by atoms with Crippen molar-refractivity contribution in [1.29, 1.82) is 0 Å². The second-order valence-corrected chi connectivity index (χ2v) is 7.55. The number of benzene rings is 1. The van der Waals surface area contributed by atoms with Gasteiger partial charge in [-0.2, -0.15) is 10.2 Å². The highest BCUT2D eigenvalue weighted by Crippen LogP contribution is 2.31. The molecule has 0 bridgehead atoms. The summed E-state index contributed by atoms with van der Waals surface area (Å²) in [6.45, 7) is 2.67. The van der Waals surface area contributed by atoms with Crippen LogP contribution in [0, 0.1) is 6.92 Å². The molecule has 2 aromatic heterocycles. The lowest BCUT2D eigenvalue weighted by Crippen LogP contribution is -2.41. The number of piperidine rings is 1. The SMILES string of the molecule is Cc1c(NC(=O)N2CCCCC2c2cnn(C)c2)cnn1-c1ccc(Cl)cc1. The van der Waals surface area contributed by atoms with Crippen LogP contribution < -0.4 is 5.32 Å². The van der Waals surface area contributed by atoms with Gasteiger partial charge in [-0.15, -0.1) is 0 Å². The van der Waals surface area contributed by atoms with Crippen LogP contribution in [-0.2, 0) is 7.05 Å². The molecule has 0 aliphatic carbocycles. The second-order valence-electron chi connectivity index (χ2n) is 7.11. The van der Waals surface area contributed by atoms with Crippen LogP contribution in [0.3, 0.4) is 0 Å². The average molecular weight is 399 g/mol. The van der Waals surface area contributed by atoms with Crippen molar-refractivity contribution in [3.05, 3.63) is 59.1 Å². The van der Waals surface area contributed by atoms with Crippen molar-refractivity contribution in [2.24, 2.45) is 7.05 Å². The highest BCUT2D eigenvalue weighted by Gasteiger charge is 2.29. The van der Waals surface area contributed by atoms with Gasteiger partial charge in [0.2, 0.25) is 0 Å². The summed E-state index contributed by atoms with van der Waals surface area (Å²) in [5.41, 5.74) is 3.54. The molecule has 1 N–H and O–H groups in total. The highest BCUT2D eigenvalue weighted by atomic mass is 35.5. The number of aromatic nitrogens is 4. The molecule has 3 heterocycles. The predicted octanol–water partition coefficient (Wildman–Crippen LogP) is 4.33. The quantitative estimate of drug-likeness (QED) is 0.714. The van der Waals surface area contributed by atoms with Gasteiger partial charge in [-0.05, 0) is 50.5 Å². The number of rotatable bonds is 3. The number of nitrogens with one attached hydrogen (secondary N) is 1. The van der Waals surface area contributed by atoms with E-state index in [0.717, 1.165) is 42.8 Å². The number of halogens is 1. The van der Waals surface area contributed by atoms with Gasteiger partial charge in [-0.25, -0.2) is 9.48 Å². The van der Waals surface area contributed by atoms with Crippen LogP contribution in [0.2, 0.25) is 5.02 Å². The molecular weight excluding hydrogens is 376 g/mol. The van der Waals surface area contributed by atoms with E-state index in [1.165, 1.54) is 0 Å². The van der Waals surface area contributed by atoms with Crippen LogP contribution in [0.5, 0.6) is 0 Å². The number of hydrogen-bond donors (Lipinski definition) is 1. The van der Waals surface area contributed by atoms with E-state index in [1.807, 2.05) is 55.5 Å². The summed E-state index contributed by atoms with van der Waals surface area (Å²) in [7, 11) is 1.89. The number of anilines is 1. The summed E-state index contributed by atoms with van der Waals surface area (Å²) in [6, 6.07) is 7.39. The normalized spacial score (nSPS) is 17.0. The summed E-state index contributed by atoms with van der Waals surface area (Å²) in [5, 5.41) is 12.4. The Morgan fingerprint density at radius 3 is 2.68 bits per heavy atom. The number of amides is 2. The fraction of sp³-hybridized carbons (Fsp3) is 0.350.